The van der Waals surface area contributed by atoms with Crippen LogP contribution in [0.2, 0.25) is 0 Å². The van der Waals surface area contributed by atoms with E-state index in [1.165, 1.54) is 7.11 Å². The van der Waals surface area contributed by atoms with Crippen LogP contribution in [-0.4, -0.2) is 34.2 Å². The van der Waals surface area contributed by atoms with Crippen LogP contribution in [0.4, 0.5) is 0 Å². The Morgan fingerprint density at radius 2 is 1.85 bits per heavy atom. The Hall–Kier alpha value is -2.08. The average Bonchev–Trinajstić information content (AvgIpc) is 2.59. The van der Waals surface area contributed by atoms with Crippen molar-refractivity contribution in [2.75, 3.05) is 7.11 Å². The predicted molar refractivity (Wildman–Crippen MR) is 98.6 cm³/mol. The zero-order valence-electron chi connectivity index (χ0n) is 16.5. The van der Waals surface area contributed by atoms with Crippen LogP contribution in [0.25, 0.3) is 0 Å². The van der Waals surface area contributed by atoms with E-state index in [2.05, 4.69) is 0 Å². The standard InChI is InChI=1S/C21H28O6/c1-10(2)11-9-12-13(16(24)14(11)22)21(19(26)27-5)8-6-7-20(3,4)18(21)17(25)15(12)23/h9-10,15,18,22-24H,6-8H2,1-5H3. The molecule has 0 spiro atoms. The Morgan fingerprint density at radius 3 is 2.41 bits per heavy atom. The molecular weight excluding hydrogens is 348 g/mol. The third-order valence-electron chi connectivity index (χ3n) is 6.47. The zero-order chi connectivity index (χ0) is 20.3. The van der Waals surface area contributed by atoms with E-state index >= 15 is 0 Å². The Morgan fingerprint density at radius 1 is 1.22 bits per heavy atom. The largest absolute Gasteiger partial charge is 0.504 e. The summed E-state index contributed by atoms with van der Waals surface area (Å²) in [5.74, 6) is -2.78. The summed E-state index contributed by atoms with van der Waals surface area (Å²) in [6, 6.07) is 1.54. The topological polar surface area (TPSA) is 104 Å². The normalized spacial score (nSPS) is 29.2. The van der Waals surface area contributed by atoms with E-state index in [0.717, 1.165) is 0 Å². The molecule has 6 nitrogen and oxygen atoms in total. The number of esters is 1. The van der Waals surface area contributed by atoms with Crippen LogP contribution in [-0.2, 0) is 19.7 Å². The first-order valence-corrected chi connectivity index (χ1v) is 9.40. The van der Waals surface area contributed by atoms with Crippen molar-refractivity contribution < 1.29 is 29.6 Å². The third kappa shape index (κ3) is 2.49. The Bertz CT molecular complexity index is 809. The number of benzene rings is 1. The van der Waals surface area contributed by atoms with E-state index in [1.807, 2.05) is 27.7 Å². The van der Waals surface area contributed by atoms with Gasteiger partial charge in [0.25, 0.3) is 0 Å². The molecule has 0 heterocycles. The molecule has 3 atom stereocenters. The van der Waals surface area contributed by atoms with Crippen LogP contribution in [0.3, 0.4) is 0 Å². The van der Waals surface area contributed by atoms with Crippen molar-refractivity contribution in [2.45, 2.75) is 64.4 Å². The lowest BCUT2D eigenvalue weighted by atomic mass is 9.48. The summed E-state index contributed by atoms with van der Waals surface area (Å²) in [5, 5.41) is 32.3. The lowest BCUT2D eigenvalue weighted by molar-refractivity contribution is -0.165. The summed E-state index contributed by atoms with van der Waals surface area (Å²) in [6.07, 6.45) is 0.228. The van der Waals surface area contributed by atoms with Crippen LogP contribution in [0, 0.1) is 11.3 Å². The Kier molecular flexibility index (Phi) is 4.54. The van der Waals surface area contributed by atoms with Gasteiger partial charge in [0.1, 0.15) is 11.5 Å². The van der Waals surface area contributed by atoms with Gasteiger partial charge >= 0.3 is 5.97 Å². The molecule has 148 valence electrons. The van der Waals surface area contributed by atoms with Gasteiger partial charge in [0, 0.05) is 17.0 Å². The molecule has 27 heavy (non-hydrogen) atoms. The molecule has 0 aromatic heterocycles. The number of carbonyl (C=O) groups is 2. The Labute approximate surface area is 159 Å². The first kappa shape index (κ1) is 19.7. The van der Waals surface area contributed by atoms with Gasteiger partial charge in [-0.05, 0) is 35.8 Å². The average molecular weight is 376 g/mol. The van der Waals surface area contributed by atoms with E-state index < -0.39 is 40.4 Å². The lowest BCUT2D eigenvalue weighted by Gasteiger charge is -2.53. The number of hydrogen-bond acceptors (Lipinski definition) is 6. The number of rotatable bonds is 2. The maximum absolute atomic E-state index is 13.2. The number of phenolic OH excluding ortho intramolecular Hbond substituents is 2. The second-order valence-electron chi connectivity index (χ2n) is 8.82. The second kappa shape index (κ2) is 6.23. The third-order valence-corrected chi connectivity index (χ3v) is 6.47. The highest BCUT2D eigenvalue weighted by Crippen LogP contribution is 2.61. The molecule has 6 heteroatoms. The molecule has 3 rings (SSSR count). The predicted octanol–water partition coefficient (Wildman–Crippen LogP) is 3.07. The van der Waals surface area contributed by atoms with Gasteiger partial charge in [0.05, 0.1) is 7.11 Å². The zero-order valence-corrected chi connectivity index (χ0v) is 16.5. The molecule has 0 radical (unpaired) electrons. The fourth-order valence-corrected chi connectivity index (χ4v) is 5.32. The smallest absolute Gasteiger partial charge is 0.317 e. The van der Waals surface area contributed by atoms with E-state index in [4.69, 9.17) is 4.74 Å². The van der Waals surface area contributed by atoms with Crippen LogP contribution >= 0.6 is 0 Å². The van der Waals surface area contributed by atoms with E-state index in [0.29, 0.717) is 24.8 Å². The fourth-order valence-electron chi connectivity index (χ4n) is 5.32. The summed E-state index contributed by atoms with van der Waals surface area (Å²) in [7, 11) is 1.25. The highest BCUT2D eigenvalue weighted by molar-refractivity contribution is 6.01. The van der Waals surface area contributed by atoms with Gasteiger partial charge < -0.3 is 20.1 Å². The molecule has 3 N–H and O–H groups in total. The minimum absolute atomic E-state index is 0.140. The van der Waals surface area contributed by atoms with Crippen molar-refractivity contribution in [3.63, 3.8) is 0 Å². The number of aromatic hydroxyl groups is 2. The van der Waals surface area contributed by atoms with E-state index in [9.17, 15) is 24.9 Å². The molecule has 1 fully saturated rings. The minimum Gasteiger partial charge on any atom is -0.504 e. The fraction of sp³-hybridized carbons (Fsp3) is 0.619. The molecule has 0 bridgehead atoms. The first-order valence-electron chi connectivity index (χ1n) is 9.40. The highest BCUT2D eigenvalue weighted by atomic mass is 16.5. The number of carbonyl (C=O) groups excluding carboxylic acids is 2. The maximum Gasteiger partial charge on any atom is 0.317 e. The van der Waals surface area contributed by atoms with Gasteiger partial charge in [0.2, 0.25) is 0 Å². The molecule has 2 aliphatic carbocycles. The van der Waals surface area contributed by atoms with Crippen molar-refractivity contribution in [1.29, 1.82) is 0 Å². The van der Waals surface area contributed by atoms with Crippen molar-refractivity contribution in [3.8, 4) is 11.5 Å². The summed E-state index contributed by atoms with van der Waals surface area (Å²) in [5.41, 5.74) is -1.23. The molecule has 3 unspecified atom stereocenters. The molecule has 0 amide bonds. The number of aliphatic hydroxyl groups is 1. The first-order chi connectivity index (χ1) is 12.5. The summed E-state index contributed by atoms with van der Waals surface area (Å²) < 4.78 is 5.09. The van der Waals surface area contributed by atoms with Gasteiger partial charge in [0.15, 0.2) is 17.3 Å². The summed E-state index contributed by atoms with van der Waals surface area (Å²) in [6.45, 7) is 7.45. The SMILES string of the molecule is COC(=O)C12CCCC(C)(C)C1C(=O)C(O)c1cc(C(C)C)c(O)c(O)c12. The molecule has 1 saturated carbocycles. The van der Waals surface area contributed by atoms with Crippen molar-refractivity contribution in [1.82, 2.24) is 0 Å². The molecule has 1 aromatic rings. The van der Waals surface area contributed by atoms with Crippen molar-refractivity contribution in [3.05, 3.63) is 22.8 Å². The number of fused-ring (bicyclic) bond motifs is 3. The summed E-state index contributed by atoms with van der Waals surface area (Å²) in [4.78, 5) is 26.3. The number of ketones is 1. The van der Waals surface area contributed by atoms with E-state index in [-0.39, 0.29) is 22.8 Å². The van der Waals surface area contributed by atoms with Crippen LogP contribution in [0.15, 0.2) is 6.07 Å². The van der Waals surface area contributed by atoms with Gasteiger partial charge in [-0.3, -0.25) is 9.59 Å². The molecule has 0 aliphatic heterocycles. The summed E-state index contributed by atoms with van der Waals surface area (Å²) >= 11 is 0. The number of hydrogen-bond donors (Lipinski definition) is 3. The minimum atomic E-state index is -1.45. The van der Waals surface area contributed by atoms with Gasteiger partial charge in [-0.15, -0.1) is 0 Å². The van der Waals surface area contributed by atoms with Gasteiger partial charge in [-0.2, -0.15) is 0 Å². The van der Waals surface area contributed by atoms with Crippen LogP contribution in [0.5, 0.6) is 11.5 Å². The molecule has 1 aromatic carbocycles. The number of Topliss-reactive ketones (excluding diaryl/α,β-unsaturated/α-hetero) is 1. The number of aliphatic hydroxyl groups excluding tert-OH is 1. The molecular formula is C21H28O6. The monoisotopic (exact) mass is 376 g/mol. The maximum atomic E-state index is 13.2. The Balaban J connectivity index is 2.44. The van der Waals surface area contributed by atoms with Gasteiger partial charge in [-0.25, -0.2) is 0 Å². The van der Waals surface area contributed by atoms with Crippen molar-refractivity contribution in [2.24, 2.45) is 11.3 Å². The lowest BCUT2D eigenvalue weighted by Crippen LogP contribution is -2.59. The highest BCUT2D eigenvalue weighted by Gasteiger charge is 2.64. The number of ether oxygens (including phenoxy) is 1. The molecule has 2 aliphatic rings. The van der Waals surface area contributed by atoms with Crippen LogP contribution in [0.1, 0.15) is 75.7 Å². The molecule has 0 saturated heterocycles. The second-order valence-corrected chi connectivity index (χ2v) is 8.82. The number of methoxy groups -OCH3 is 1. The van der Waals surface area contributed by atoms with E-state index in [1.54, 1.807) is 6.07 Å². The van der Waals surface area contributed by atoms with Crippen molar-refractivity contribution >= 4 is 11.8 Å². The van der Waals surface area contributed by atoms with Crippen LogP contribution < -0.4 is 0 Å². The van der Waals surface area contributed by atoms with Gasteiger partial charge in [-0.1, -0.05) is 34.1 Å². The quantitative estimate of drug-likeness (QED) is 0.541. The number of phenols is 2.